The Morgan fingerprint density at radius 1 is 1.35 bits per heavy atom. The zero-order valence-electron chi connectivity index (χ0n) is 14.2. The second kappa shape index (κ2) is 10.2. The van der Waals surface area contributed by atoms with E-state index in [0.29, 0.717) is 16.7 Å². The van der Waals surface area contributed by atoms with Crippen LogP contribution in [0.5, 0.6) is 17.2 Å². The molecule has 1 aromatic carbocycles. The lowest BCUT2D eigenvalue weighted by Gasteiger charge is -2.23. The summed E-state index contributed by atoms with van der Waals surface area (Å²) in [5.41, 5.74) is 3.18. The number of Topliss-reactive ketones (excluding diaryl/α,β-unsaturated/α-hetero) is 1. The topological polar surface area (TPSA) is 103 Å². The van der Waals surface area contributed by atoms with Gasteiger partial charge in [-0.3, -0.25) is 10.2 Å². The smallest absolute Gasteiger partial charge is 0.200 e. The lowest BCUT2D eigenvalue weighted by Crippen LogP contribution is -2.40. The van der Waals surface area contributed by atoms with Gasteiger partial charge in [-0.25, -0.2) is 0 Å². The minimum atomic E-state index is -0.452. The average molecular weight is 400 g/mol. The van der Waals surface area contributed by atoms with E-state index in [4.69, 9.17) is 28.6 Å². The number of hydrogen-bond donors (Lipinski definition) is 4. The van der Waals surface area contributed by atoms with Crippen molar-refractivity contribution < 1.29 is 19.7 Å². The van der Waals surface area contributed by atoms with Gasteiger partial charge < -0.3 is 20.3 Å². The van der Waals surface area contributed by atoms with Gasteiger partial charge >= 0.3 is 0 Å². The highest BCUT2D eigenvalue weighted by molar-refractivity contribution is 7.80. The van der Waals surface area contributed by atoms with Crippen molar-refractivity contribution in [2.75, 3.05) is 12.5 Å². The Balaban J connectivity index is 1.92. The molecule has 142 valence electrons. The largest absolute Gasteiger partial charge is 0.504 e. The van der Waals surface area contributed by atoms with Crippen LogP contribution < -0.4 is 15.5 Å². The predicted molar refractivity (Wildman–Crippen MR) is 104 cm³/mol. The van der Waals surface area contributed by atoms with Crippen molar-refractivity contribution in [1.82, 2.24) is 10.7 Å². The van der Waals surface area contributed by atoms with E-state index in [-0.39, 0.29) is 29.8 Å². The molecule has 4 N–H and O–H groups in total. The number of carbonyl (C=O) groups excluding carboxylic acids is 1. The van der Waals surface area contributed by atoms with Crippen LogP contribution in [-0.4, -0.2) is 45.9 Å². The van der Waals surface area contributed by atoms with E-state index in [2.05, 4.69) is 15.8 Å². The first-order valence-electron chi connectivity index (χ1n) is 8.35. The summed E-state index contributed by atoms with van der Waals surface area (Å²) in [5, 5.41) is 27.2. The fourth-order valence-corrected chi connectivity index (χ4v) is 2.92. The molecular formula is C17H22ClN3O4S. The highest BCUT2D eigenvalue weighted by Gasteiger charge is 2.14. The summed E-state index contributed by atoms with van der Waals surface area (Å²) in [6, 6.07) is 3.13. The second-order valence-electron chi connectivity index (χ2n) is 6.03. The number of nitrogens with one attached hydrogen (secondary N) is 2. The number of alkyl halides is 1. The summed E-state index contributed by atoms with van der Waals surface area (Å²) >= 11 is 10.6. The number of benzene rings is 1. The zero-order valence-corrected chi connectivity index (χ0v) is 15.8. The number of aromatic hydroxyl groups is 2. The van der Waals surface area contributed by atoms with E-state index in [0.717, 1.165) is 12.8 Å². The number of ether oxygens (including phenoxy) is 1. The van der Waals surface area contributed by atoms with Crippen LogP contribution >= 0.6 is 23.8 Å². The van der Waals surface area contributed by atoms with E-state index in [1.165, 1.54) is 37.6 Å². The Bertz CT molecular complexity index is 678. The monoisotopic (exact) mass is 399 g/mol. The normalized spacial score (nSPS) is 15.0. The first-order chi connectivity index (χ1) is 12.5. The van der Waals surface area contributed by atoms with Crippen molar-refractivity contribution >= 4 is 40.9 Å². The van der Waals surface area contributed by atoms with Gasteiger partial charge in [0.25, 0.3) is 0 Å². The molecule has 0 heterocycles. The molecule has 0 spiro atoms. The van der Waals surface area contributed by atoms with Gasteiger partial charge in [-0.05, 0) is 37.2 Å². The molecule has 0 aromatic heterocycles. The molecule has 0 radical (unpaired) electrons. The summed E-state index contributed by atoms with van der Waals surface area (Å²) in [7, 11) is 0. The number of phenolic OH excluding ortho intramolecular Hbond substituents is 2. The first-order valence-corrected chi connectivity index (χ1v) is 9.30. The van der Waals surface area contributed by atoms with Gasteiger partial charge in [0.15, 0.2) is 22.4 Å². The van der Waals surface area contributed by atoms with Gasteiger partial charge in [-0.1, -0.05) is 19.3 Å². The average Bonchev–Trinajstić information content (AvgIpc) is 2.63. The highest BCUT2D eigenvalue weighted by atomic mass is 35.5. The third kappa shape index (κ3) is 6.34. The molecule has 7 nitrogen and oxygen atoms in total. The molecule has 26 heavy (non-hydrogen) atoms. The number of carbonyl (C=O) groups is 1. The van der Waals surface area contributed by atoms with Gasteiger partial charge in [-0.15, -0.1) is 11.6 Å². The molecule has 0 aliphatic heterocycles. The Morgan fingerprint density at radius 3 is 2.77 bits per heavy atom. The van der Waals surface area contributed by atoms with Crippen LogP contribution in [0.2, 0.25) is 0 Å². The van der Waals surface area contributed by atoms with Gasteiger partial charge in [0, 0.05) is 11.6 Å². The predicted octanol–water partition coefficient (Wildman–Crippen LogP) is 2.42. The fourth-order valence-electron chi connectivity index (χ4n) is 2.63. The van der Waals surface area contributed by atoms with E-state index in [1.54, 1.807) is 0 Å². The number of thiocarbonyl (C=S) groups is 1. The minimum absolute atomic E-state index is 0.0344. The maximum absolute atomic E-state index is 11.2. The van der Waals surface area contributed by atoms with Crippen molar-refractivity contribution in [2.45, 2.75) is 38.1 Å². The molecule has 1 aromatic rings. The second-order valence-corrected chi connectivity index (χ2v) is 6.70. The van der Waals surface area contributed by atoms with Crippen molar-refractivity contribution in [1.29, 1.82) is 0 Å². The van der Waals surface area contributed by atoms with Crippen LogP contribution in [0.15, 0.2) is 17.2 Å². The van der Waals surface area contributed by atoms with Crippen molar-refractivity contribution in [3.63, 3.8) is 0 Å². The number of halogens is 1. The van der Waals surface area contributed by atoms with Gasteiger partial charge in [-0.2, -0.15) is 5.10 Å². The lowest BCUT2D eigenvalue weighted by molar-refractivity contribution is -0.118. The van der Waals surface area contributed by atoms with Crippen LogP contribution in [0.4, 0.5) is 0 Å². The van der Waals surface area contributed by atoms with Crippen molar-refractivity contribution in [3.8, 4) is 17.2 Å². The van der Waals surface area contributed by atoms with E-state index in [9.17, 15) is 15.0 Å². The van der Waals surface area contributed by atoms with Gasteiger partial charge in [0.1, 0.15) is 6.61 Å². The minimum Gasteiger partial charge on any atom is -0.504 e. The van der Waals surface area contributed by atoms with Crippen molar-refractivity contribution in [3.05, 3.63) is 17.7 Å². The number of nitrogens with zero attached hydrogens (tertiary/aromatic N) is 1. The Hall–Kier alpha value is -2.06. The molecule has 0 amide bonds. The van der Waals surface area contributed by atoms with Gasteiger partial charge in [0.2, 0.25) is 5.75 Å². The van der Waals surface area contributed by atoms with E-state index in [1.807, 2.05) is 0 Å². The standard InChI is InChI=1S/C17H22ClN3O4S/c18-8-13(22)10-25-15-7-11(6-14(23)16(15)24)9-19-21-17(26)20-12-4-2-1-3-5-12/h6-7,9,12,23-24H,1-5,8,10H2,(H2,20,21,26)/b19-9+. The Labute approximate surface area is 162 Å². The highest BCUT2D eigenvalue weighted by Crippen LogP contribution is 2.36. The molecule has 1 saturated carbocycles. The summed E-state index contributed by atoms with van der Waals surface area (Å²) in [6.07, 6.45) is 7.28. The fraction of sp³-hybridized carbons (Fsp3) is 0.471. The van der Waals surface area contributed by atoms with Crippen LogP contribution in [0.25, 0.3) is 0 Å². The molecule has 1 aliphatic carbocycles. The molecule has 0 bridgehead atoms. The molecule has 0 unspecified atom stereocenters. The van der Waals surface area contributed by atoms with Crippen molar-refractivity contribution in [2.24, 2.45) is 5.10 Å². The summed E-state index contributed by atoms with van der Waals surface area (Å²) < 4.78 is 5.17. The molecule has 9 heteroatoms. The molecular weight excluding hydrogens is 378 g/mol. The maximum atomic E-state index is 11.2. The van der Waals surface area contributed by atoms with E-state index >= 15 is 0 Å². The molecule has 0 atom stereocenters. The summed E-state index contributed by atoms with van der Waals surface area (Å²) in [5.74, 6) is -1.40. The number of phenols is 2. The van der Waals surface area contributed by atoms with E-state index < -0.39 is 5.75 Å². The molecule has 1 fully saturated rings. The summed E-state index contributed by atoms with van der Waals surface area (Å²) in [6.45, 7) is -0.301. The Kier molecular flexibility index (Phi) is 7.93. The first kappa shape index (κ1) is 20.3. The number of ketones is 1. The quantitative estimate of drug-likeness (QED) is 0.183. The number of rotatable bonds is 7. The van der Waals surface area contributed by atoms with Crippen LogP contribution in [0.1, 0.15) is 37.7 Å². The van der Waals surface area contributed by atoms with Crippen LogP contribution in [0, 0.1) is 0 Å². The SMILES string of the molecule is O=C(CCl)COc1cc(/C=N/NC(=S)NC2CCCCC2)cc(O)c1O. The third-order valence-electron chi connectivity index (χ3n) is 3.93. The van der Waals surface area contributed by atoms with Crippen LogP contribution in [-0.2, 0) is 4.79 Å². The number of hydrazone groups is 1. The zero-order chi connectivity index (χ0) is 18.9. The van der Waals surface area contributed by atoms with Crippen LogP contribution in [0.3, 0.4) is 0 Å². The Morgan fingerprint density at radius 2 is 2.08 bits per heavy atom. The lowest BCUT2D eigenvalue weighted by atomic mass is 9.96. The molecule has 1 aliphatic rings. The number of hydrogen-bond acceptors (Lipinski definition) is 6. The summed E-state index contributed by atoms with van der Waals surface area (Å²) in [4.78, 5) is 11.2. The molecule has 0 saturated heterocycles. The van der Waals surface area contributed by atoms with Gasteiger partial charge in [0.05, 0.1) is 12.1 Å². The third-order valence-corrected chi connectivity index (χ3v) is 4.44. The maximum Gasteiger partial charge on any atom is 0.200 e. The molecule has 2 rings (SSSR count).